The largest absolute Gasteiger partial charge is 0.478 e. The van der Waals surface area contributed by atoms with E-state index in [1.807, 2.05) is 30.3 Å². The number of aromatic nitrogens is 4. The molecule has 0 spiro atoms. The molecule has 2 heterocycles. The molecule has 98 valence electrons. The highest BCUT2D eigenvalue weighted by Crippen LogP contribution is 2.19. The smallest absolute Gasteiger partial charge is 0.339 e. The molecule has 0 aliphatic rings. The average molecular weight is 266 g/mol. The standard InChI is InChI=1S/C14H10N4O2/c19-14(20)12-6-7-15-17-13(12)18-9-11(8-16-18)10-4-2-1-3-5-10/h1-9H,(H,19,20). The molecule has 0 unspecified atom stereocenters. The van der Waals surface area contributed by atoms with Crippen LogP contribution in [0, 0.1) is 0 Å². The lowest BCUT2D eigenvalue weighted by molar-refractivity contribution is 0.0696. The van der Waals surface area contributed by atoms with Crippen molar-refractivity contribution in [3.8, 4) is 16.9 Å². The van der Waals surface area contributed by atoms with E-state index in [0.717, 1.165) is 11.1 Å². The molecule has 20 heavy (non-hydrogen) atoms. The molecule has 0 saturated heterocycles. The van der Waals surface area contributed by atoms with Crippen molar-refractivity contribution in [3.63, 3.8) is 0 Å². The van der Waals surface area contributed by atoms with E-state index < -0.39 is 5.97 Å². The number of aromatic carboxylic acids is 1. The average Bonchev–Trinajstić information content (AvgIpc) is 2.98. The van der Waals surface area contributed by atoms with Crippen LogP contribution in [0.25, 0.3) is 16.9 Å². The van der Waals surface area contributed by atoms with Gasteiger partial charge < -0.3 is 5.11 Å². The summed E-state index contributed by atoms with van der Waals surface area (Å²) in [5.74, 6) is -0.867. The van der Waals surface area contributed by atoms with E-state index in [1.54, 1.807) is 12.4 Å². The Bertz CT molecular complexity index is 753. The van der Waals surface area contributed by atoms with Crippen LogP contribution in [0.5, 0.6) is 0 Å². The first-order chi connectivity index (χ1) is 9.75. The quantitative estimate of drug-likeness (QED) is 0.784. The molecule has 1 aromatic carbocycles. The second-order valence-electron chi connectivity index (χ2n) is 4.11. The Morgan fingerprint density at radius 1 is 1.10 bits per heavy atom. The predicted octanol–water partition coefficient (Wildman–Crippen LogP) is 2.03. The Morgan fingerprint density at radius 3 is 2.65 bits per heavy atom. The summed E-state index contributed by atoms with van der Waals surface area (Å²) in [5, 5.41) is 20.9. The summed E-state index contributed by atoms with van der Waals surface area (Å²) in [6, 6.07) is 11.1. The van der Waals surface area contributed by atoms with E-state index >= 15 is 0 Å². The van der Waals surface area contributed by atoms with Gasteiger partial charge in [0.2, 0.25) is 0 Å². The van der Waals surface area contributed by atoms with Crippen molar-refractivity contribution in [2.24, 2.45) is 0 Å². The van der Waals surface area contributed by atoms with Gasteiger partial charge >= 0.3 is 5.97 Å². The zero-order chi connectivity index (χ0) is 13.9. The molecule has 0 radical (unpaired) electrons. The summed E-state index contributed by atoms with van der Waals surface area (Å²) in [4.78, 5) is 11.2. The van der Waals surface area contributed by atoms with Crippen LogP contribution in [0.2, 0.25) is 0 Å². The van der Waals surface area contributed by atoms with Crippen LogP contribution in [-0.4, -0.2) is 31.1 Å². The molecule has 0 aliphatic carbocycles. The summed E-state index contributed by atoms with van der Waals surface area (Å²) < 4.78 is 1.42. The SMILES string of the molecule is O=C(O)c1ccnnc1-n1cc(-c2ccccc2)cn1. The van der Waals surface area contributed by atoms with Gasteiger partial charge in [-0.3, -0.25) is 0 Å². The number of rotatable bonds is 3. The predicted molar refractivity (Wildman–Crippen MR) is 71.5 cm³/mol. The second kappa shape index (κ2) is 4.93. The fourth-order valence-electron chi connectivity index (χ4n) is 1.88. The maximum absolute atomic E-state index is 11.2. The lowest BCUT2D eigenvalue weighted by Crippen LogP contribution is -2.08. The molecule has 6 nitrogen and oxygen atoms in total. The van der Waals surface area contributed by atoms with Gasteiger partial charge in [-0.2, -0.15) is 10.2 Å². The van der Waals surface area contributed by atoms with Gasteiger partial charge in [0.1, 0.15) is 5.56 Å². The normalized spacial score (nSPS) is 10.4. The Balaban J connectivity index is 2.05. The van der Waals surface area contributed by atoms with Crippen LogP contribution in [-0.2, 0) is 0 Å². The summed E-state index contributed by atoms with van der Waals surface area (Å²) in [7, 11) is 0. The molecule has 3 aromatic rings. The highest BCUT2D eigenvalue weighted by Gasteiger charge is 2.14. The van der Waals surface area contributed by atoms with E-state index in [2.05, 4.69) is 15.3 Å². The maximum atomic E-state index is 11.2. The van der Waals surface area contributed by atoms with Gasteiger partial charge in [0.25, 0.3) is 0 Å². The van der Waals surface area contributed by atoms with Gasteiger partial charge in [-0.1, -0.05) is 30.3 Å². The van der Waals surface area contributed by atoms with Crippen LogP contribution in [0.3, 0.4) is 0 Å². The third-order valence-electron chi connectivity index (χ3n) is 2.84. The summed E-state index contributed by atoms with van der Waals surface area (Å²) >= 11 is 0. The van der Waals surface area contributed by atoms with Crippen LogP contribution >= 0.6 is 0 Å². The van der Waals surface area contributed by atoms with Gasteiger partial charge in [0.15, 0.2) is 5.82 Å². The lowest BCUT2D eigenvalue weighted by Gasteiger charge is -2.02. The fraction of sp³-hybridized carbons (Fsp3) is 0. The first-order valence-electron chi connectivity index (χ1n) is 5.91. The van der Waals surface area contributed by atoms with Crippen molar-refractivity contribution in [1.82, 2.24) is 20.0 Å². The lowest BCUT2D eigenvalue weighted by atomic mass is 10.1. The molecule has 0 atom stereocenters. The molecule has 0 amide bonds. The first-order valence-corrected chi connectivity index (χ1v) is 5.91. The number of nitrogens with zero attached hydrogens (tertiary/aromatic N) is 4. The Hall–Kier alpha value is -3.02. The van der Waals surface area contributed by atoms with Gasteiger partial charge in [-0.25, -0.2) is 9.48 Å². The zero-order valence-corrected chi connectivity index (χ0v) is 10.3. The number of carboxylic acids is 1. The van der Waals surface area contributed by atoms with E-state index in [1.165, 1.54) is 16.9 Å². The van der Waals surface area contributed by atoms with Crippen LogP contribution < -0.4 is 0 Å². The van der Waals surface area contributed by atoms with E-state index in [4.69, 9.17) is 5.11 Å². The monoisotopic (exact) mass is 266 g/mol. The summed E-state index contributed by atoms with van der Waals surface area (Å²) in [6.45, 7) is 0. The second-order valence-corrected chi connectivity index (χ2v) is 4.11. The molecule has 2 aromatic heterocycles. The highest BCUT2D eigenvalue weighted by atomic mass is 16.4. The number of hydrogen-bond acceptors (Lipinski definition) is 4. The number of carboxylic acid groups (broad SMARTS) is 1. The molecule has 0 bridgehead atoms. The van der Waals surface area contributed by atoms with Crippen LogP contribution in [0.4, 0.5) is 0 Å². The molecule has 1 N–H and O–H groups in total. The summed E-state index contributed by atoms with van der Waals surface area (Å²) in [6.07, 6.45) is 4.73. The molecule has 0 fully saturated rings. The Labute approximate surface area is 114 Å². The third-order valence-corrected chi connectivity index (χ3v) is 2.84. The minimum absolute atomic E-state index is 0.0581. The number of carbonyl (C=O) groups is 1. The molecule has 3 rings (SSSR count). The van der Waals surface area contributed by atoms with Crippen molar-refractivity contribution >= 4 is 5.97 Å². The zero-order valence-electron chi connectivity index (χ0n) is 10.3. The van der Waals surface area contributed by atoms with Crippen molar-refractivity contribution in [2.45, 2.75) is 0 Å². The topological polar surface area (TPSA) is 80.9 Å². The van der Waals surface area contributed by atoms with Gasteiger partial charge in [-0.15, -0.1) is 5.10 Å². The van der Waals surface area contributed by atoms with Gasteiger partial charge in [0, 0.05) is 11.8 Å². The molecule has 0 saturated carbocycles. The molecular formula is C14H10N4O2. The van der Waals surface area contributed by atoms with Crippen molar-refractivity contribution in [1.29, 1.82) is 0 Å². The first kappa shape index (κ1) is 12.0. The minimum Gasteiger partial charge on any atom is -0.478 e. The van der Waals surface area contributed by atoms with Crippen LogP contribution in [0.1, 0.15) is 10.4 Å². The molecule has 0 aliphatic heterocycles. The Kier molecular flexibility index (Phi) is 2.96. The minimum atomic E-state index is -1.06. The summed E-state index contributed by atoms with van der Waals surface area (Å²) in [5.41, 5.74) is 1.94. The number of benzene rings is 1. The van der Waals surface area contributed by atoms with Crippen molar-refractivity contribution < 1.29 is 9.90 Å². The van der Waals surface area contributed by atoms with E-state index in [-0.39, 0.29) is 11.4 Å². The molecule has 6 heteroatoms. The Morgan fingerprint density at radius 2 is 1.90 bits per heavy atom. The van der Waals surface area contributed by atoms with Crippen LogP contribution in [0.15, 0.2) is 55.0 Å². The molecular weight excluding hydrogens is 256 g/mol. The maximum Gasteiger partial charge on any atom is 0.339 e. The highest BCUT2D eigenvalue weighted by molar-refractivity contribution is 5.90. The van der Waals surface area contributed by atoms with Crippen molar-refractivity contribution in [2.75, 3.05) is 0 Å². The van der Waals surface area contributed by atoms with E-state index in [0.29, 0.717) is 0 Å². The van der Waals surface area contributed by atoms with Gasteiger partial charge in [0.05, 0.1) is 12.4 Å². The number of hydrogen-bond donors (Lipinski definition) is 1. The van der Waals surface area contributed by atoms with Gasteiger partial charge in [-0.05, 0) is 11.6 Å². The fourth-order valence-corrected chi connectivity index (χ4v) is 1.88. The van der Waals surface area contributed by atoms with E-state index in [9.17, 15) is 4.79 Å². The third kappa shape index (κ3) is 2.14. The van der Waals surface area contributed by atoms with Crippen molar-refractivity contribution in [3.05, 3.63) is 60.6 Å².